The Morgan fingerprint density at radius 1 is 1.02 bits per heavy atom. The van der Waals surface area contributed by atoms with Crippen molar-refractivity contribution in [3.05, 3.63) is 107 Å². The number of benzene rings is 3. The van der Waals surface area contributed by atoms with Crippen molar-refractivity contribution in [1.29, 1.82) is 0 Å². The van der Waals surface area contributed by atoms with Crippen LogP contribution in [0.15, 0.2) is 78.9 Å². The third-order valence-corrected chi connectivity index (χ3v) is 7.25. The largest absolute Gasteiger partial charge is 0.416 e. The topological polar surface area (TPSA) is 96.3 Å². The molecule has 0 fully saturated rings. The van der Waals surface area contributed by atoms with Crippen LogP contribution in [0.3, 0.4) is 0 Å². The van der Waals surface area contributed by atoms with Gasteiger partial charge in [-0.1, -0.05) is 48.0 Å². The van der Waals surface area contributed by atoms with Crippen LogP contribution in [0.2, 0.25) is 0 Å². The van der Waals surface area contributed by atoms with Crippen molar-refractivity contribution < 1.29 is 36.3 Å². The normalized spacial score (nSPS) is 17.2. The zero-order valence-electron chi connectivity index (χ0n) is 22.8. The molecule has 0 aliphatic carbocycles. The number of rotatable bonds is 7. The number of likely N-dealkylation sites (N-methyl/N-ethyl adjacent to an activating group) is 1. The Bertz CT molecular complexity index is 1710. The van der Waals surface area contributed by atoms with Crippen LogP contribution in [-0.4, -0.2) is 45.7 Å². The van der Waals surface area contributed by atoms with Crippen molar-refractivity contribution in [2.24, 2.45) is 0 Å². The molecule has 0 spiro atoms. The van der Waals surface area contributed by atoms with E-state index in [-0.39, 0.29) is 34.9 Å². The molecular weight excluding hydrogens is 609 g/mol. The SMILES string of the molecule is CCN1C(=O)[C@@H](NC(=O)c2cccc(C(F)(F)F)c2)[C@@H](c2ccc(F)cc2)c2c(NC(=O)[C@@H](F)Cl)nn(-c3ccccc3)c21. The maximum atomic E-state index is 14.1. The number of anilines is 2. The number of halogens is 6. The van der Waals surface area contributed by atoms with E-state index in [1.165, 1.54) is 21.7 Å². The summed E-state index contributed by atoms with van der Waals surface area (Å²) in [6.07, 6.45) is -4.72. The molecule has 0 saturated carbocycles. The van der Waals surface area contributed by atoms with E-state index in [0.717, 1.165) is 30.3 Å². The average Bonchev–Trinajstić information content (AvgIpc) is 3.36. The number of para-hydroxylation sites is 1. The van der Waals surface area contributed by atoms with Crippen LogP contribution in [0, 0.1) is 5.82 Å². The van der Waals surface area contributed by atoms with Crippen molar-refractivity contribution >= 4 is 41.0 Å². The fourth-order valence-corrected chi connectivity index (χ4v) is 5.16. The lowest BCUT2D eigenvalue weighted by molar-refractivity contribution is -0.137. The zero-order chi connectivity index (χ0) is 31.8. The van der Waals surface area contributed by atoms with Gasteiger partial charge < -0.3 is 10.6 Å². The molecule has 44 heavy (non-hydrogen) atoms. The summed E-state index contributed by atoms with van der Waals surface area (Å²) in [4.78, 5) is 41.2. The summed E-state index contributed by atoms with van der Waals surface area (Å²) < 4.78 is 69.3. The summed E-state index contributed by atoms with van der Waals surface area (Å²) in [5.74, 6) is -4.71. The Morgan fingerprint density at radius 3 is 2.32 bits per heavy atom. The highest BCUT2D eigenvalue weighted by atomic mass is 35.5. The van der Waals surface area contributed by atoms with Gasteiger partial charge in [-0.15, -0.1) is 5.10 Å². The van der Waals surface area contributed by atoms with E-state index in [9.17, 15) is 36.3 Å². The van der Waals surface area contributed by atoms with Gasteiger partial charge in [-0.2, -0.15) is 13.2 Å². The monoisotopic (exact) mass is 631 g/mol. The Labute approximate surface area is 252 Å². The van der Waals surface area contributed by atoms with E-state index in [1.54, 1.807) is 37.3 Å². The van der Waals surface area contributed by atoms with Gasteiger partial charge in [0.1, 0.15) is 17.7 Å². The van der Waals surface area contributed by atoms with Crippen molar-refractivity contribution in [2.75, 3.05) is 16.8 Å². The Balaban J connectivity index is 1.72. The van der Waals surface area contributed by atoms with Crippen LogP contribution in [-0.2, 0) is 15.8 Å². The lowest BCUT2D eigenvalue weighted by Gasteiger charge is -2.38. The van der Waals surface area contributed by atoms with Gasteiger partial charge in [0.15, 0.2) is 5.82 Å². The van der Waals surface area contributed by atoms with E-state index in [4.69, 9.17) is 11.6 Å². The number of hydrogen-bond donors (Lipinski definition) is 2. The highest BCUT2D eigenvalue weighted by Gasteiger charge is 2.47. The van der Waals surface area contributed by atoms with Crippen LogP contribution >= 0.6 is 11.6 Å². The third kappa shape index (κ3) is 5.87. The molecule has 3 aromatic carbocycles. The third-order valence-electron chi connectivity index (χ3n) is 7.05. The molecule has 14 heteroatoms. The maximum absolute atomic E-state index is 14.1. The number of nitrogens with zero attached hydrogens (tertiary/aromatic N) is 3. The predicted octanol–water partition coefficient (Wildman–Crippen LogP) is 5.80. The molecule has 0 saturated heterocycles. The molecule has 2 N–H and O–H groups in total. The Morgan fingerprint density at radius 2 is 1.70 bits per heavy atom. The number of nitrogens with one attached hydrogen (secondary N) is 2. The van der Waals surface area contributed by atoms with Crippen molar-refractivity contribution in [2.45, 2.75) is 30.7 Å². The molecule has 1 aliphatic rings. The molecule has 5 rings (SSSR count). The fraction of sp³-hybridized carbons (Fsp3) is 0.200. The van der Waals surface area contributed by atoms with E-state index in [1.807, 2.05) is 0 Å². The number of alkyl halides is 5. The smallest absolute Gasteiger partial charge is 0.339 e. The Kier molecular flexibility index (Phi) is 8.42. The number of hydrogen-bond acceptors (Lipinski definition) is 4. The summed E-state index contributed by atoms with van der Waals surface area (Å²) in [6, 6.07) is 15.6. The molecule has 0 unspecified atom stereocenters. The predicted molar refractivity (Wildman–Crippen MR) is 152 cm³/mol. The zero-order valence-corrected chi connectivity index (χ0v) is 23.5. The van der Waals surface area contributed by atoms with E-state index >= 15 is 0 Å². The first-order chi connectivity index (χ1) is 20.9. The van der Waals surface area contributed by atoms with Crippen LogP contribution in [0.25, 0.3) is 5.69 Å². The van der Waals surface area contributed by atoms with Gasteiger partial charge in [-0.25, -0.2) is 13.5 Å². The molecular formula is C30H23ClF5N5O3. The summed E-state index contributed by atoms with van der Waals surface area (Å²) >= 11 is 5.39. The van der Waals surface area contributed by atoms with Crippen LogP contribution < -0.4 is 15.5 Å². The first-order valence-corrected chi connectivity index (χ1v) is 13.7. The van der Waals surface area contributed by atoms with Gasteiger partial charge in [0.05, 0.1) is 11.3 Å². The van der Waals surface area contributed by atoms with Crippen LogP contribution in [0.5, 0.6) is 0 Å². The van der Waals surface area contributed by atoms with Gasteiger partial charge in [0.25, 0.3) is 23.4 Å². The average molecular weight is 632 g/mol. The fourth-order valence-electron chi connectivity index (χ4n) is 5.10. The maximum Gasteiger partial charge on any atom is 0.416 e. The molecule has 4 aromatic rings. The van der Waals surface area contributed by atoms with Crippen molar-refractivity contribution in [3.63, 3.8) is 0 Å². The molecule has 8 nitrogen and oxygen atoms in total. The van der Waals surface area contributed by atoms with E-state index in [2.05, 4.69) is 15.7 Å². The summed E-state index contributed by atoms with van der Waals surface area (Å²) in [5, 5.41) is 9.35. The van der Waals surface area contributed by atoms with Crippen LogP contribution in [0.4, 0.5) is 33.6 Å². The molecule has 0 bridgehead atoms. The van der Waals surface area contributed by atoms with Gasteiger partial charge in [-0.05, 0) is 55.0 Å². The second-order valence-corrected chi connectivity index (χ2v) is 10.1. The molecule has 3 amide bonds. The van der Waals surface area contributed by atoms with E-state index < -0.39 is 52.9 Å². The minimum absolute atomic E-state index is 0.0328. The first-order valence-electron chi connectivity index (χ1n) is 13.2. The van der Waals surface area contributed by atoms with Crippen LogP contribution in [0.1, 0.15) is 39.9 Å². The van der Waals surface area contributed by atoms with Gasteiger partial charge >= 0.3 is 6.18 Å². The van der Waals surface area contributed by atoms with Gasteiger partial charge in [-0.3, -0.25) is 19.3 Å². The summed E-state index contributed by atoms with van der Waals surface area (Å²) in [6.45, 7) is 1.67. The molecule has 228 valence electrons. The van der Waals surface area contributed by atoms with Gasteiger partial charge in [0.2, 0.25) is 0 Å². The molecule has 3 atom stereocenters. The second-order valence-electron chi connectivity index (χ2n) is 9.76. The Hall–Kier alpha value is -4.78. The van der Waals surface area contributed by atoms with Crippen molar-refractivity contribution in [1.82, 2.24) is 15.1 Å². The molecule has 1 aromatic heterocycles. The van der Waals surface area contributed by atoms with Gasteiger partial charge in [0, 0.05) is 23.6 Å². The second kappa shape index (κ2) is 12.1. The minimum atomic E-state index is -4.72. The number of carbonyl (C=O) groups is 3. The minimum Gasteiger partial charge on any atom is -0.339 e. The lowest BCUT2D eigenvalue weighted by atomic mass is 9.81. The number of aromatic nitrogens is 2. The number of amides is 3. The van der Waals surface area contributed by atoms with Crippen molar-refractivity contribution in [3.8, 4) is 5.69 Å². The highest BCUT2D eigenvalue weighted by molar-refractivity contribution is 6.31. The number of carbonyl (C=O) groups excluding carboxylic acids is 3. The quantitative estimate of drug-likeness (QED) is 0.199. The summed E-state index contributed by atoms with van der Waals surface area (Å²) in [5.41, 5.74) is -2.99. The molecule has 2 heterocycles. The van der Waals surface area contributed by atoms with E-state index in [0.29, 0.717) is 11.8 Å². The molecule has 0 radical (unpaired) electrons. The number of fused-ring (bicyclic) bond motifs is 1. The standard InChI is InChI=1S/C30H23ClF5N5O3/c1-2-40-28-22(25(38-27(43)24(31)33)39-41(28)20-9-4-3-5-10-20)21(16-11-13-19(32)14-12-16)23(29(40)44)37-26(42)17-7-6-8-18(15-17)30(34,35)36/h3-15,21,23-24H,2H2,1H3,(H,37,42)(H,38,39,43)/t21-,23-,24+/m0/s1. The summed E-state index contributed by atoms with van der Waals surface area (Å²) in [7, 11) is 0. The first kappa shape index (κ1) is 30.7. The highest BCUT2D eigenvalue weighted by Crippen LogP contribution is 2.45. The molecule has 1 aliphatic heterocycles. The lowest BCUT2D eigenvalue weighted by Crippen LogP contribution is -2.55.